The molecule has 0 atom stereocenters. The minimum atomic E-state index is 0.402. The molecule has 0 amide bonds. The zero-order chi connectivity index (χ0) is 36.9. The highest BCUT2D eigenvalue weighted by Gasteiger charge is 2.33. The van der Waals surface area contributed by atoms with Gasteiger partial charge in [-0.05, 0) is 185 Å². The Hall–Kier alpha value is -5.98. The normalized spacial score (nSPS) is 13.3. The van der Waals surface area contributed by atoms with Crippen LogP contribution in [-0.2, 0) is 0 Å². The van der Waals surface area contributed by atoms with Gasteiger partial charge in [0.2, 0.25) is 0 Å². The van der Waals surface area contributed by atoms with Crippen molar-refractivity contribution in [3.8, 4) is 22.3 Å². The van der Waals surface area contributed by atoms with Crippen molar-refractivity contribution in [2.75, 3.05) is 0 Å². The van der Waals surface area contributed by atoms with Gasteiger partial charge in [0, 0.05) is 0 Å². The first kappa shape index (κ1) is 30.4. The van der Waals surface area contributed by atoms with Crippen LogP contribution in [-0.4, -0.2) is 0 Å². The van der Waals surface area contributed by atoms with E-state index < -0.39 is 0 Å². The molecule has 1 aliphatic carbocycles. The van der Waals surface area contributed by atoms with Crippen molar-refractivity contribution >= 4 is 108 Å². The summed E-state index contributed by atoms with van der Waals surface area (Å²) in [5, 5.41) is 28.0. The molecule has 0 radical (unpaired) electrons. The van der Waals surface area contributed by atoms with E-state index in [4.69, 9.17) is 0 Å². The number of rotatable bonds is 2. The molecule has 0 spiro atoms. The molecule has 260 valence electrons. The molecule has 0 nitrogen and oxygen atoms in total. The highest BCUT2D eigenvalue weighted by atomic mass is 14.4. The van der Waals surface area contributed by atoms with E-state index in [-0.39, 0.29) is 0 Å². The van der Waals surface area contributed by atoms with Crippen LogP contribution in [0.25, 0.3) is 130 Å². The van der Waals surface area contributed by atoms with Gasteiger partial charge in [0.25, 0.3) is 0 Å². The zero-order valence-electron chi connectivity index (χ0n) is 32.5. The van der Waals surface area contributed by atoms with Crippen molar-refractivity contribution in [3.63, 3.8) is 0 Å². The van der Waals surface area contributed by atoms with Gasteiger partial charge in [-0.15, -0.1) is 0 Å². The van der Waals surface area contributed by atoms with Crippen molar-refractivity contribution in [3.05, 3.63) is 131 Å². The summed E-state index contributed by atoms with van der Waals surface area (Å²) in [6.45, 7) is 16.3. The number of hydrogen-bond acceptors (Lipinski definition) is 0. The summed E-state index contributed by atoms with van der Waals surface area (Å²) >= 11 is 0. The van der Waals surface area contributed by atoms with Crippen LogP contribution < -0.4 is 0 Å². The van der Waals surface area contributed by atoms with E-state index in [0.29, 0.717) is 11.8 Å². The maximum Gasteiger partial charge on any atom is -0.000765 e. The lowest BCUT2D eigenvalue weighted by Gasteiger charge is -2.23. The van der Waals surface area contributed by atoms with Gasteiger partial charge in [-0.1, -0.05) is 136 Å². The van der Waals surface area contributed by atoms with Crippen LogP contribution in [0.3, 0.4) is 0 Å². The first-order valence-electron chi connectivity index (χ1n) is 20.2. The van der Waals surface area contributed by atoms with Crippen LogP contribution in [0.4, 0.5) is 0 Å². The van der Waals surface area contributed by atoms with Gasteiger partial charge in [0.15, 0.2) is 0 Å². The maximum atomic E-state index is 2.49. The predicted octanol–water partition coefficient (Wildman–Crippen LogP) is 16.4. The molecule has 1 aliphatic rings. The van der Waals surface area contributed by atoms with Gasteiger partial charge in [0.1, 0.15) is 0 Å². The van der Waals surface area contributed by atoms with Crippen LogP contribution in [0.5, 0.6) is 0 Å². The van der Waals surface area contributed by atoms with Crippen LogP contribution in [0, 0.1) is 20.8 Å². The fourth-order valence-corrected chi connectivity index (χ4v) is 12.1. The van der Waals surface area contributed by atoms with E-state index in [0.717, 1.165) is 0 Å². The average Bonchev–Trinajstić information content (AvgIpc) is 3.79. The minimum Gasteiger partial charge on any atom is -0.0610 e. The fraction of sp³-hybridized carbons (Fsp3) is 0.164. The Morgan fingerprint density at radius 2 is 0.836 bits per heavy atom. The fourth-order valence-electron chi connectivity index (χ4n) is 12.1. The van der Waals surface area contributed by atoms with Gasteiger partial charge in [0.05, 0.1) is 0 Å². The monoisotopic (exact) mass is 700 g/mol. The smallest absolute Gasteiger partial charge is 0.000765 e. The first-order chi connectivity index (χ1) is 26.7. The Kier molecular flexibility index (Phi) is 5.42. The summed E-state index contributed by atoms with van der Waals surface area (Å²) < 4.78 is 0. The lowest BCUT2D eigenvalue weighted by molar-refractivity contribution is 0.864. The standard InChI is InChI=1S/C55H40/c1-25(2)44-35-12-11-27(5)22-41(35)45(26(3)4)54-40-20-17-33-31-13-14-36-42-24-30-9-8-10-37-46-29(7)21-28(6)23-43(46)55(47(30)37)52(42)38-18-15-32(48(31)50(36)38)34-16-19-39(53(44)54)51(40)49(33)34/h8-26H,1-7H3. The molecule has 55 heavy (non-hydrogen) atoms. The van der Waals surface area contributed by atoms with Gasteiger partial charge in [-0.25, -0.2) is 0 Å². The molecule has 13 rings (SSSR count). The number of hydrogen-bond donors (Lipinski definition) is 0. The molecule has 0 N–H and O–H groups in total. The largest absolute Gasteiger partial charge is 0.0610 e. The summed E-state index contributed by atoms with van der Waals surface area (Å²) in [6.07, 6.45) is 0. The lowest BCUT2D eigenvalue weighted by Crippen LogP contribution is -2.01. The molecule has 0 heteroatoms. The highest BCUT2D eigenvalue weighted by molar-refractivity contribution is 6.49. The minimum absolute atomic E-state index is 0.402. The van der Waals surface area contributed by atoms with E-state index in [2.05, 4.69) is 152 Å². The molecule has 0 unspecified atom stereocenters. The Morgan fingerprint density at radius 1 is 0.327 bits per heavy atom. The molecule has 0 saturated heterocycles. The quantitative estimate of drug-likeness (QED) is 0.124. The summed E-state index contributed by atoms with van der Waals surface area (Å²) in [5.74, 6) is 0.804. The Morgan fingerprint density at radius 3 is 1.51 bits per heavy atom. The summed E-state index contributed by atoms with van der Waals surface area (Å²) in [4.78, 5) is 0. The topological polar surface area (TPSA) is 0 Å². The molecule has 12 aromatic rings. The molecule has 0 saturated carbocycles. The number of benzene rings is 10. The third-order valence-electron chi connectivity index (χ3n) is 13.9. The molecule has 0 aromatic heterocycles. The summed E-state index contributed by atoms with van der Waals surface area (Å²) in [6, 6.07) is 41.1. The number of aryl methyl sites for hydroxylation is 3. The average molecular weight is 701 g/mol. The van der Waals surface area contributed by atoms with E-state index in [1.54, 1.807) is 0 Å². The van der Waals surface area contributed by atoms with E-state index >= 15 is 0 Å². The SMILES string of the molecule is Cc1ccc2c(C(C)C)c3c(c(C(C)C)c2c1)-c1ccc2c4ccc5c6cc7cccc8c9c(C)cc(C)cc9c(c78)c6c6ccc(c7ccc-3c1c27)c4c56. The molecular weight excluding hydrogens is 661 g/mol. The lowest BCUT2D eigenvalue weighted by atomic mass is 9.80. The maximum absolute atomic E-state index is 2.49. The summed E-state index contributed by atoms with van der Waals surface area (Å²) in [5.41, 5.74) is 12.8. The van der Waals surface area contributed by atoms with Crippen molar-refractivity contribution < 1.29 is 0 Å². The second kappa shape index (κ2) is 9.81. The molecule has 12 aromatic carbocycles. The highest BCUT2D eigenvalue weighted by Crippen LogP contribution is 2.59. The third-order valence-corrected chi connectivity index (χ3v) is 13.9. The zero-order valence-corrected chi connectivity index (χ0v) is 32.5. The molecule has 0 fully saturated rings. The predicted molar refractivity (Wildman–Crippen MR) is 242 cm³/mol. The van der Waals surface area contributed by atoms with Crippen molar-refractivity contribution in [2.24, 2.45) is 0 Å². The Bertz CT molecular complexity index is 3700. The van der Waals surface area contributed by atoms with Crippen LogP contribution >= 0.6 is 0 Å². The molecular formula is C55H40. The molecule has 0 aliphatic heterocycles. The Balaban J connectivity index is 1.21. The second-order valence-electron chi connectivity index (χ2n) is 17.7. The van der Waals surface area contributed by atoms with Crippen LogP contribution in [0.15, 0.2) is 103 Å². The van der Waals surface area contributed by atoms with Crippen molar-refractivity contribution in [1.82, 2.24) is 0 Å². The van der Waals surface area contributed by atoms with Crippen LogP contribution in [0.1, 0.15) is 67.3 Å². The number of fused-ring (bicyclic) bond motifs is 13. The van der Waals surface area contributed by atoms with E-state index in [1.807, 2.05) is 0 Å². The molecule has 0 heterocycles. The first-order valence-corrected chi connectivity index (χ1v) is 20.2. The third kappa shape index (κ3) is 3.40. The second-order valence-corrected chi connectivity index (χ2v) is 17.7. The van der Waals surface area contributed by atoms with Gasteiger partial charge in [-0.3, -0.25) is 0 Å². The van der Waals surface area contributed by atoms with Gasteiger partial charge in [-0.2, -0.15) is 0 Å². The molecule has 0 bridgehead atoms. The Labute approximate surface area is 320 Å². The van der Waals surface area contributed by atoms with Gasteiger partial charge < -0.3 is 0 Å². The van der Waals surface area contributed by atoms with Crippen molar-refractivity contribution in [2.45, 2.75) is 60.3 Å². The van der Waals surface area contributed by atoms with E-state index in [9.17, 15) is 0 Å². The van der Waals surface area contributed by atoms with Crippen molar-refractivity contribution in [1.29, 1.82) is 0 Å². The van der Waals surface area contributed by atoms with E-state index in [1.165, 1.54) is 158 Å². The van der Waals surface area contributed by atoms with Gasteiger partial charge >= 0.3 is 0 Å². The van der Waals surface area contributed by atoms with Crippen LogP contribution in [0.2, 0.25) is 0 Å². The summed E-state index contributed by atoms with van der Waals surface area (Å²) in [7, 11) is 0.